The third-order valence-electron chi connectivity index (χ3n) is 2.98. The highest BCUT2D eigenvalue weighted by atomic mass is 16.6. The number of aliphatic carboxylic acids is 4. The van der Waals surface area contributed by atoms with Crippen molar-refractivity contribution in [2.24, 2.45) is 0 Å². The van der Waals surface area contributed by atoms with Crippen LogP contribution in [0.5, 0.6) is 0 Å². The zero-order valence-electron chi connectivity index (χ0n) is 13.5. The normalized spacial score (nSPS) is 16.7. The summed E-state index contributed by atoms with van der Waals surface area (Å²) in [6.45, 7) is -0.0622. The second-order valence-corrected chi connectivity index (χ2v) is 6.32. The van der Waals surface area contributed by atoms with Crippen LogP contribution in [-0.4, -0.2) is 99.4 Å². The summed E-state index contributed by atoms with van der Waals surface area (Å²) in [6, 6.07) is 0. The van der Waals surface area contributed by atoms with E-state index in [1.165, 1.54) is 0 Å². The lowest BCUT2D eigenvalue weighted by molar-refractivity contribution is -0.873. The molecule has 3 atom stereocenters. The van der Waals surface area contributed by atoms with Crippen molar-refractivity contribution in [3.63, 3.8) is 0 Å². The van der Waals surface area contributed by atoms with Crippen LogP contribution in [0.4, 0.5) is 0 Å². The molecule has 0 heterocycles. The summed E-state index contributed by atoms with van der Waals surface area (Å²) in [5, 5.41) is 45.7. The number of rotatable bonds is 11. The molecule has 0 aliphatic carbocycles. The van der Waals surface area contributed by atoms with Gasteiger partial charge in [-0.15, -0.1) is 0 Å². The molecule has 0 aliphatic heterocycles. The second kappa shape index (κ2) is 8.04. The van der Waals surface area contributed by atoms with E-state index in [4.69, 9.17) is 20.1 Å². The molecule has 0 aromatic rings. The molecule has 0 rings (SSSR count). The van der Waals surface area contributed by atoms with E-state index in [0.29, 0.717) is 0 Å². The van der Waals surface area contributed by atoms with Gasteiger partial charge in [0.15, 0.2) is 6.10 Å². The summed E-state index contributed by atoms with van der Waals surface area (Å²) in [5.74, 6) is -7.10. The van der Waals surface area contributed by atoms with Crippen molar-refractivity contribution in [2.45, 2.75) is 30.7 Å². The van der Waals surface area contributed by atoms with Crippen LogP contribution in [0.2, 0.25) is 0 Å². The predicted octanol–water partition coefficient (Wildman–Crippen LogP) is -1.70. The average Bonchev–Trinajstić information content (AvgIpc) is 2.32. The molecule has 0 fully saturated rings. The number of carboxylic acids is 4. The number of nitrogens with zero attached hydrogens (tertiary/aromatic N) is 1. The van der Waals surface area contributed by atoms with Crippen molar-refractivity contribution in [1.82, 2.24) is 0 Å². The van der Waals surface area contributed by atoms with Gasteiger partial charge in [0.2, 0.25) is 5.60 Å². The predicted molar refractivity (Wildman–Crippen MR) is 76.3 cm³/mol. The minimum absolute atomic E-state index is 0.0622. The number of carbonyl (C=O) groups is 4. The molecule has 0 saturated heterocycles. The number of aliphatic hydroxyl groups is 1. The zero-order valence-corrected chi connectivity index (χ0v) is 13.5. The molecule has 0 aliphatic rings. The van der Waals surface area contributed by atoms with E-state index in [0.717, 1.165) is 0 Å². The quantitative estimate of drug-likeness (QED) is 0.269. The van der Waals surface area contributed by atoms with E-state index in [9.17, 15) is 29.4 Å². The lowest BCUT2D eigenvalue weighted by atomic mass is 9.91. The van der Waals surface area contributed by atoms with Crippen LogP contribution in [0.15, 0.2) is 0 Å². The van der Waals surface area contributed by atoms with Crippen LogP contribution in [-0.2, 0) is 23.9 Å². The van der Waals surface area contributed by atoms with Crippen LogP contribution < -0.4 is 0 Å². The van der Waals surface area contributed by atoms with Crippen LogP contribution >= 0.6 is 0 Å². The molecule has 11 heteroatoms. The summed E-state index contributed by atoms with van der Waals surface area (Å²) < 4.78 is 5.24. The third kappa shape index (κ3) is 6.48. The fraction of sp³-hybridized carbons (Fsp3) is 0.692. The van der Waals surface area contributed by atoms with E-state index in [1.54, 1.807) is 21.1 Å². The van der Waals surface area contributed by atoms with Gasteiger partial charge in [-0.3, -0.25) is 9.59 Å². The molecule has 5 N–H and O–H groups in total. The molecule has 0 aromatic heterocycles. The maximum absolute atomic E-state index is 11.5. The van der Waals surface area contributed by atoms with Gasteiger partial charge in [0.05, 0.1) is 34.0 Å². The number of hydrogen-bond donors (Lipinski definition) is 5. The van der Waals surface area contributed by atoms with Crippen molar-refractivity contribution in [3.05, 3.63) is 0 Å². The van der Waals surface area contributed by atoms with Gasteiger partial charge < -0.3 is 34.8 Å². The molecule has 3 unspecified atom stereocenters. The number of carboxylic acid groups (broad SMARTS) is 4. The summed E-state index contributed by atoms with van der Waals surface area (Å²) in [5.41, 5.74) is -3.02. The first-order valence-electron chi connectivity index (χ1n) is 6.77. The number of hydrogen-bond acceptors (Lipinski definition) is 6. The summed E-state index contributed by atoms with van der Waals surface area (Å²) >= 11 is 0. The fourth-order valence-corrected chi connectivity index (χ4v) is 2.12. The van der Waals surface area contributed by atoms with Gasteiger partial charge in [0.1, 0.15) is 12.6 Å². The van der Waals surface area contributed by atoms with Crippen molar-refractivity contribution in [2.75, 3.05) is 27.7 Å². The Morgan fingerprint density at radius 2 is 1.50 bits per heavy atom. The van der Waals surface area contributed by atoms with Gasteiger partial charge in [-0.2, -0.15) is 0 Å². The Kier molecular flexibility index (Phi) is 7.29. The van der Waals surface area contributed by atoms with Gasteiger partial charge in [0, 0.05) is 0 Å². The van der Waals surface area contributed by atoms with Crippen LogP contribution in [0.1, 0.15) is 12.8 Å². The lowest BCUT2D eigenvalue weighted by Crippen LogP contribution is -2.59. The molecule has 0 radical (unpaired) electrons. The number of aliphatic hydroxyl groups excluding tert-OH is 1. The Labute approximate surface area is 137 Å². The van der Waals surface area contributed by atoms with E-state index in [2.05, 4.69) is 0 Å². The minimum Gasteiger partial charge on any atom is -0.481 e. The molecule has 0 bridgehead atoms. The third-order valence-corrected chi connectivity index (χ3v) is 2.98. The highest BCUT2D eigenvalue weighted by molar-refractivity contribution is 5.91. The van der Waals surface area contributed by atoms with Crippen LogP contribution in [0, 0.1) is 0 Å². The minimum atomic E-state index is -3.02. The molecule has 11 nitrogen and oxygen atoms in total. The zero-order chi connectivity index (χ0) is 19.3. The van der Waals surface area contributed by atoms with Gasteiger partial charge in [-0.05, 0) is 0 Å². The topological polar surface area (TPSA) is 179 Å². The molecule has 0 saturated carbocycles. The van der Waals surface area contributed by atoms with Crippen LogP contribution in [0.25, 0.3) is 0 Å². The largest absolute Gasteiger partial charge is 0.481 e. The Bertz CT molecular complexity index is 511. The Hall–Kier alpha value is -2.24. The van der Waals surface area contributed by atoms with Gasteiger partial charge in [-0.25, -0.2) is 9.59 Å². The van der Waals surface area contributed by atoms with Gasteiger partial charge in [0.25, 0.3) is 0 Å². The second-order valence-electron chi connectivity index (χ2n) is 6.32. The fourth-order valence-electron chi connectivity index (χ4n) is 2.12. The number of quaternary nitrogens is 1. The van der Waals surface area contributed by atoms with E-state index < -0.39 is 54.5 Å². The number of ether oxygens (including phenoxy) is 1. The maximum Gasteiger partial charge on any atom is 0.340 e. The standard InChI is InChI=1S/C13H21NO10/c1-14(2,3)6-7(4-8(15)16)24-13(12(22)23,5-9(17)18)10(19)11(20)21/h7,10,19H,4-6H2,1-3H3,(H3-,15,16,17,18,20,21,22,23)/p+1. The van der Waals surface area contributed by atoms with Crippen molar-refractivity contribution >= 4 is 23.9 Å². The molecule has 138 valence electrons. The Balaban J connectivity index is 5.89. The van der Waals surface area contributed by atoms with E-state index in [1.807, 2.05) is 0 Å². The molecular formula is C13H22NO10+. The average molecular weight is 352 g/mol. The highest BCUT2D eigenvalue weighted by Gasteiger charge is 2.54. The van der Waals surface area contributed by atoms with E-state index >= 15 is 0 Å². The smallest absolute Gasteiger partial charge is 0.340 e. The SMILES string of the molecule is C[N+](C)(C)CC(CC(=O)O)OC(CC(=O)O)(C(=O)O)C(O)C(=O)O. The first kappa shape index (κ1) is 21.8. The molecule has 0 aromatic carbocycles. The van der Waals surface area contributed by atoms with Gasteiger partial charge in [-0.1, -0.05) is 0 Å². The first-order chi connectivity index (χ1) is 10.7. The monoisotopic (exact) mass is 352 g/mol. The van der Waals surface area contributed by atoms with E-state index in [-0.39, 0.29) is 11.0 Å². The van der Waals surface area contributed by atoms with Gasteiger partial charge >= 0.3 is 23.9 Å². The van der Waals surface area contributed by atoms with Crippen molar-refractivity contribution in [1.29, 1.82) is 0 Å². The molecular weight excluding hydrogens is 330 g/mol. The Morgan fingerprint density at radius 1 is 1.00 bits per heavy atom. The summed E-state index contributed by atoms with van der Waals surface area (Å²) in [4.78, 5) is 44.5. The molecule has 0 spiro atoms. The van der Waals surface area contributed by atoms with Crippen molar-refractivity contribution < 1.29 is 53.9 Å². The maximum atomic E-state index is 11.5. The number of likely N-dealkylation sites (N-methyl/N-ethyl adjacent to an activating group) is 1. The molecule has 24 heavy (non-hydrogen) atoms. The molecule has 0 amide bonds. The Morgan fingerprint density at radius 3 is 1.79 bits per heavy atom. The van der Waals surface area contributed by atoms with Crippen molar-refractivity contribution in [3.8, 4) is 0 Å². The summed E-state index contributed by atoms with van der Waals surface area (Å²) in [6.07, 6.45) is -6.10. The first-order valence-corrected chi connectivity index (χ1v) is 6.77. The summed E-state index contributed by atoms with van der Waals surface area (Å²) in [7, 11) is 4.93. The lowest BCUT2D eigenvalue weighted by Gasteiger charge is -2.36. The van der Waals surface area contributed by atoms with Crippen LogP contribution in [0.3, 0.4) is 0 Å². The highest BCUT2D eigenvalue weighted by Crippen LogP contribution is 2.26.